The van der Waals surface area contributed by atoms with Crippen molar-refractivity contribution in [3.05, 3.63) is 142 Å². The summed E-state index contributed by atoms with van der Waals surface area (Å²) in [5.41, 5.74) is 10.9. The van der Waals surface area contributed by atoms with Gasteiger partial charge < -0.3 is 0 Å². The molecule has 1 heterocycles. The van der Waals surface area contributed by atoms with Crippen LogP contribution in [0.5, 0.6) is 0 Å². The van der Waals surface area contributed by atoms with Crippen molar-refractivity contribution in [2.75, 3.05) is 45.8 Å². The van der Waals surface area contributed by atoms with Crippen molar-refractivity contribution in [1.82, 2.24) is 19.6 Å². The van der Waals surface area contributed by atoms with Gasteiger partial charge in [0.05, 0.1) is 0 Å². The molecule has 238 valence electrons. The van der Waals surface area contributed by atoms with E-state index in [1.807, 2.05) is 0 Å². The fraction of sp³-hybridized carbons (Fsp3) is 0.415. The highest BCUT2D eigenvalue weighted by Crippen LogP contribution is 2.17. The van der Waals surface area contributed by atoms with Gasteiger partial charge in [0.2, 0.25) is 0 Å². The highest BCUT2D eigenvalue weighted by atomic mass is 15.3. The highest BCUT2D eigenvalue weighted by molar-refractivity contribution is 5.24. The fourth-order valence-corrected chi connectivity index (χ4v) is 6.34. The van der Waals surface area contributed by atoms with Crippen LogP contribution < -0.4 is 0 Å². The van der Waals surface area contributed by atoms with Gasteiger partial charge in [-0.15, -0.1) is 0 Å². The van der Waals surface area contributed by atoms with Gasteiger partial charge in [0.15, 0.2) is 0 Å². The van der Waals surface area contributed by atoms with Crippen LogP contribution in [0.15, 0.2) is 97.1 Å². The minimum Gasteiger partial charge on any atom is -0.297 e. The van der Waals surface area contributed by atoms with Crippen molar-refractivity contribution in [3.63, 3.8) is 0 Å². The second-order valence-electron chi connectivity index (χ2n) is 13.5. The Hall–Kier alpha value is -3.28. The van der Waals surface area contributed by atoms with Crippen molar-refractivity contribution in [1.29, 1.82) is 0 Å². The Kier molecular flexibility index (Phi) is 12.0. The van der Waals surface area contributed by atoms with E-state index < -0.39 is 0 Å². The zero-order valence-corrected chi connectivity index (χ0v) is 28.4. The van der Waals surface area contributed by atoms with Crippen LogP contribution in [0, 0.1) is 27.7 Å². The molecule has 4 aromatic rings. The van der Waals surface area contributed by atoms with Crippen LogP contribution in [0.3, 0.4) is 0 Å². The van der Waals surface area contributed by atoms with Crippen molar-refractivity contribution in [2.45, 2.75) is 66.8 Å². The maximum absolute atomic E-state index is 2.72. The third-order valence-corrected chi connectivity index (χ3v) is 9.40. The number of hydrogen-bond donors (Lipinski definition) is 0. The molecule has 1 saturated heterocycles. The first-order valence-corrected chi connectivity index (χ1v) is 16.9. The SMILES string of the molecule is Cc1ccc(CN2CCN(Cc3ccc(C)cc3)CCN(Cc3ccc(C)cc3)[C@@H](C)CN(Cc3ccc(C)cc3)CC2)cc1. The molecule has 4 heteroatoms. The summed E-state index contributed by atoms with van der Waals surface area (Å²) < 4.78 is 0. The fourth-order valence-electron chi connectivity index (χ4n) is 6.34. The number of benzene rings is 4. The lowest BCUT2D eigenvalue weighted by Crippen LogP contribution is -2.48. The largest absolute Gasteiger partial charge is 0.297 e. The average molecular weight is 603 g/mol. The van der Waals surface area contributed by atoms with Crippen molar-refractivity contribution in [3.8, 4) is 0 Å². The van der Waals surface area contributed by atoms with Crippen molar-refractivity contribution in [2.24, 2.45) is 0 Å². The summed E-state index contributed by atoms with van der Waals surface area (Å²) in [6.07, 6.45) is 0. The first kappa shape index (κ1) is 33.1. The first-order chi connectivity index (χ1) is 21.8. The Balaban J connectivity index is 1.39. The third-order valence-electron chi connectivity index (χ3n) is 9.40. The molecule has 5 rings (SSSR count). The number of rotatable bonds is 8. The Bertz CT molecular complexity index is 1430. The molecule has 1 atom stereocenters. The molecule has 1 aliphatic heterocycles. The molecule has 0 saturated carbocycles. The van der Waals surface area contributed by atoms with Crippen LogP contribution >= 0.6 is 0 Å². The molecule has 0 unspecified atom stereocenters. The van der Waals surface area contributed by atoms with E-state index in [-0.39, 0.29) is 0 Å². The summed E-state index contributed by atoms with van der Waals surface area (Å²) in [6.45, 7) is 22.5. The highest BCUT2D eigenvalue weighted by Gasteiger charge is 2.22. The van der Waals surface area contributed by atoms with E-state index in [4.69, 9.17) is 0 Å². The lowest BCUT2D eigenvalue weighted by atomic mass is 10.1. The second-order valence-corrected chi connectivity index (χ2v) is 13.5. The molecular weight excluding hydrogens is 548 g/mol. The summed E-state index contributed by atoms with van der Waals surface area (Å²) in [4.78, 5) is 10.8. The van der Waals surface area contributed by atoms with Gasteiger partial charge in [-0.05, 0) is 56.9 Å². The molecule has 0 aliphatic carbocycles. The molecule has 0 aromatic heterocycles. The standard InChI is InChI=1S/C41H54N4/c1-33-6-14-38(15-7-33)29-42-22-23-43(30-39-16-8-34(2)9-17-39)26-27-45(32-41-20-12-36(4)13-21-41)37(5)28-44(25-24-42)31-40-18-10-35(3)11-19-40/h6-21,37H,22-32H2,1-5H3/t37-/m0/s1. The molecule has 1 aliphatic rings. The minimum atomic E-state index is 0.433. The van der Waals surface area contributed by atoms with Gasteiger partial charge in [-0.2, -0.15) is 0 Å². The van der Waals surface area contributed by atoms with Gasteiger partial charge in [0, 0.05) is 78.0 Å². The molecule has 0 radical (unpaired) electrons. The van der Waals surface area contributed by atoms with E-state index in [2.05, 4.69) is 151 Å². The van der Waals surface area contributed by atoms with Crippen LogP contribution in [-0.2, 0) is 26.2 Å². The lowest BCUT2D eigenvalue weighted by Gasteiger charge is -2.38. The van der Waals surface area contributed by atoms with Gasteiger partial charge in [-0.25, -0.2) is 0 Å². The molecule has 1 fully saturated rings. The number of hydrogen-bond acceptors (Lipinski definition) is 4. The van der Waals surface area contributed by atoms with E-state index in [9.17, 15) is 0 Å². The Morgan fingerprint density at radius 1 is 0.400 bits per heavy atom. The summed E-state index contributed by atoms with van der Waals surface area (Å²) >= 11 is 0. The van der Waals surface area contributed by atoms with Crippen LogP contribution in [0.4, 0.5) is 0 Å². The van der Waals surface area contributed by atoms with Crippen molar-refractivity contribution >= 4 is 0 Å². The predicted molar refractivity (Wildman–Crippen MR) is 190 cm³/mol. The van der Waals surface area contributed by atoms with Gasteiger partial charge >= 0.3 is 0 Å². The zero-order valence-electron chi connectivity index (χ0n) is 28.4. The van der Waals surface area contributed by atoms with Gasteiger partial charge in [-0.1, -0.05) is 119 Å². The monoisotopic (exact) mass is 602 g/mol. The topological polar surface area (TPSA) is 13.0 Å². The van der Waals surface area contributed by atoms with E-state index in [0.717, 1.165) is 72.0 Å². The van der Waals surface area contributed by atoms with Crippen LogP contribution in [0.1, 0.15) is 51.4 Å². The van der Waals surface area contributed by atoms with Gasteiger partial charge in [-0.3, -0.25) is 19.6 Å². The zero-order chi connectivity index (χ0) is 31.6. The quantitative estimate of drug-likeness (QED) is 0.206. The van der Waals surface area contributed by atoms with Crippen LogP contribution in [-0.4, -0.2) is 71.5 Å². The molecule has 0 bridgehead atoms. The lowest BCUT2D eigenvalue weighted by molar-refractivity contribution is 0.0926. The Labute approximate surface area is 273 Å². The number of nitrogens with zero attached hydrogens (tertiary/aromatic N) is 4. The van der Waals surface area contributed by atoms with E-state index in [1.165, 1.54) is 44.5 Å². The molecule has 4 aromatic carbocycles. The minimum absolute atomic E-state index is 0.433. The summed E-state index contributed by atoms with van der Waals surface area (Å²) in [5.74, 6) is 0. The third kappa shape index (κ3) is 10.6. The average Bonchev–Trinajstić information content (AvgIpc) is 3.03. The Morgan fingerprint density at radius 3 is 1.07 bits per heavy atom. The Morgan fingerprint density at radius 2 is 0.689 bits per heavy atom. The van der Waals surface area contributed by atoms with E-state index in [1.54, 1.807) is 0 Å². The molecule has 0 spiro atoms. The predicted octanol–water partition coefficient (Wildman–Crippen LogP) is 7.63. The number of aryl methyl sites for hydroxylation is 4. The molecular formula is C41H54N4. The first-order valence-electron chi connectivity index (χ1n) is 16.9. The maximum Gasteiger partial charge on any atom is 0.0237 e. The van der Waals surface area contributed by atoms with Gasteiger partial charge in [0.25, 0.3) is 0 Å². The van der Waals surface area contributed by atoms with Crippen LogP contribution in [0.2, 0.25) is 0 Å². The summed E-state index contributed by atoms with van der Waals surface area (Å²) in [5, 5.41) is 0. The summed E-state index contributed by atoms with van der Waals surface area (Å²) in [6, 6.07) is 37.0. The molecule has 0 amide bonds. The molecule has 4 nitrogen and oxygen atoms in total. The van der Waals surface area contributed by atoms with E-state index >= 15 is 0 Å². The summed E-state index contributed by atoms with van der Waals surface area (Å²) in [7, 11) is 0. The van der Waals surface area contributed by atoms with Gasteiger partial charge in [0.1, 0.15) is 0 Å². The molecule has 0 N–H and O–H groups in total. The molecule has 45 heavy (non-hydrogen) atoms. The van der Waals surface area contributed by atoms with Crippen molar-refractivity contribution < 1.29 is 0 Å². The smallest absolute Gasteiger partial charge is 0.0237 e. The normalized spacial score (nSPS) is 18.4. The van der Waals surface area contributed by atoms with Crippen LogP contribution in [0.25, 0.3) is 0 Å². The van der Waals surface area contributed by atoms with E-state index in [0.29, 0.717) is 6.04 Å². The maximum atomic E-state index is 2.72. The second kappa shape index (κ2) is 16.3.